The SMILES string of the molecule is O=C(OC[C@H]1S[C@H](Br)[C@@H](F)[C@@H]1OC(=O)c1ccccc1)c1ccccc1. The smallest absolute Gasteiger partial charge is 0.338 e. The highest BCUT2D eigenvalue weighted by molar-refractivity contribution is 9.11. The number of alkyl halides is 2. The molecular formula is C19H16BrFO4S. The fraction of sp³-hybridized carbons (Fsp3) is 0.263. The lowest BCUT2D eigenvalue weighted by molar-refractivity contribution is 0.00404. The average molecular weight is 439 g/mol. The van der Waals surface area contributed by atoms with Gasteiger partial charge in [-0.25, -0.2) is 14.0 Å². The van der Waals surface area contributed by atoms with E-state index in [2.05, 4.69) is 15.9 Å². The molecule has 2 aromatic carbocycles. The Morgan fingerprint density at radius 1 is 0.962 bits per heavy atom. The molecule has 0 aliphatic carbocycles. The lowest BCUT2D eigenvalue weighted by Gasteiger charge is -2.20. The Bertz CT molecular complexity index is 759. The first-order valence-electron chi connectivity index (χ1n) is 7.98. The lowest BCUT2D eigenvalue weighted by atomic mass is 10.1. The molecule has 1 aliphatic rings. The van der Waals surface area contributed by atoms with Gasteiger partial charge in [-0.15, -0.1) is 11.8 Å². The van der Waals surface area contributed by atoms with Crippen LogP contribution in [0.2, 0.25) is 0 Å². The molecule has 1 heterocycles. The van der Waals surface area contributed by atoms with Crippen LogP contribution < -0.4 is 0 Å². The zero-order valence-corrected chi connectivity index (χ0v) is 16.0. The van der Waals surface area contributed by atoms with Crippen LogP contribution in [-0.4, -0.2) is 40.2 Å². The summed E-state index contributed by atoms with van der Waals surface area (Å²) in [7, 11) is 0. The third kappa shape index (κ3) is 4.45. The van der Waals surface area contributed by atoms with Crippen LogP contribution in [0.3, 0.4) is 0 Å². The van der Waals surface area contributed by atoms with Crippen molar-refractivity contribution in [2.45, 2.75) is 21.7 Å². The molecule has 1 fully saturated rings. The van der Waals surface area contributed by atoms with E-state index in [9.17, 15) is 14.0 Å². The Balaban J connectivity index is 1.63. The normalized spacial score (nSPS) is 24.8. The topological polar surface area (TPSA) is 52.6 Å². The fourth-order valence-corrected chi connectivity index (χ4v) is 4.81. The summed E-state index contributed by atoms with van der Waals surface area (Å²) in [5.74, 6) is -1.09. The summed E-state index contributed by atoms with van der Waals surface area (Å²) in [6, 6.07) is 17.0. The maximum absolute atomic E-state index is 14.5. The van der Waals surface area contributed by atoms with Gasteiger partial charge in [0.05, 0.1) is 20.5 Å². The molecule has 0 saturated carbocycles. The van der Waals surface area contributed by atoms with E-state index in [0.29, 0.717) is 11.1 Å². The van der Waals surface area contributed by atoms with Crippen molar-refractivity contribution in [1.29, 1.82) is 0 Å². The number of ether oxygens (including phenoxy) is 2. The summed E-state index contributed by atoms with van der Waals surface area (Å²) in [5, 5.41) is -0.491. The number of esters is 2. The van der Waals surface area contributed by atoms with Crippen molar-refractivity contribution in [2.24, 2.45) is 0 Å². The Hall–Kier alpha value is -1.86. The third-order valence-electron chi connectivity index (χ3n) is 3.88. The maximum atomic E-state index is 14.5. The molecule has 0 radical (unpaired) electrons. The summed E-state index contributed by atoms with van der Waals surface area (Å²) < 4.78 is 24.6. The van der Waals surface area contributed by atoms with Gasteiger partial charge in [0.25, 0.3) is 0 Å². The van der Waals surface area contributed by atoms with Gasteiger partial charge in [-0.3, -0.25) is 0 Å². The van der Waals surface area contributed by atoms with Gasteiger partial charge in [0.1, 0.15) is 6.61 Å². The number of hydrogen-bond donors (Lipinski definition) is 0. The van der Waals surface area contributed by atoms with E-state index in [-0.39, 0.29) is 6.61 Å². The van der Waals surface area contributed by atoms with Gasteiger partial charge in [0.2, 0.25) is 0 Å². The molecular weight excluding hydrogens is 423 g/mol. The van der Waals surface area contributed by atoms with Crippen LogP contribution in [0.1, 0.15) is 20.7 Å². The van der Waals surface area contributed by atoms with Crippen LogP contribution in [0.5, 0.6) is 0 Å². The lowest BCUT2D eigenvalue weighted by Crippen LogP contribution is -2.36. The van der Waals surface area contributed by atoms with Crippen molar-refractivity contribution >= 4 is 39.6 Å². The molecule has 4 nitrogen and oxygen atoms in total. The van der Waals surface area contributed by atoms with Crippen LogP contribution in [0.15, 0.2) is 60.7 Å². The second-order valence-corrected chi connectivity index (χ2v) is 8.65. The second kappa shape index (κ2) is 8.68. The van der Waals surface area contributed by atoms with Gasteiger partial charge in [0, 0.05) is 0 Å². The van der Waals surface area contributed by atoms with E-state index >= 15 is 0 Å². The van der Waals surface area contributed by atoms with Gasteiger partial charge in [-0.2, -0.15) is 0 Å². The average Bonchev–Trinajstić information content (AvgIpc) is 2.95. The van der Waals surface area contributed by atoms with Gasteiger partial charge in [0.15, 0.2) is 12.3 Å². The number of benzene rings is 2. The largest absolute Gasteiger partial charge is 0.461 e. The molecule has 26 heavy (non-hydrogen) atoms. The van der Waals surface area contributed by atoms with Crippen molar-refractivity contribution in [3.05, 3.63) is 71.8 Å². The molecule has 0 N–H and O–H groups in total. The predicted molar refractivity (Wildman–Crippen MR) is 101 cm³/mol. The number of rotatable bonds is 5. The Morgan fingerprint density at radius 2 is 1.50 bits per heavy atom. The van der Waals surface area contributed by atoms with Crippen LogP contribution in [0, 0.1) is 0 Å². The predicted octanol–water partition coefficient (Wildman–Crippen LogP) is 4.24. The number of hydrogen-bond acceptors (Lipinski definition) is 5. The Morgan fingerprint density at radius 3 is 2.08 bits per heavy atom. The van der Waals surface area contributed by atoms with Crippen molar-refractivity contribution in [3.63, 3.8) is 0 Å². The molecule has 0 aromatic heterocycles. The summed E-state index contributed by atoms with van der Waals surface area (Å²) >= 11 is 4.48. The minimum Gasteiger partial charge on any atom is -0.461 e. The highest BCUT2D eigenvalue weighted by Crippen LogP contribution is 2.41. The van der Waals surface area contributed by atoms with Crippen LogP contribution in [0.25, 0.3) is 0 Å². The van der Waals surface area contributed by atoms with Crippen LogP contribution >= 0.6 is 27.7 Å². The molecule has 3 rings (SSSR count). The first-order chi connectivity index (χ1) is 12.6. The summed E-state index contributed by atoms with van der Waals surface area (Å²) in [6.07, 6.45) is -2.39. The van der Waals surface area contributed by atoms with Gasteiger partial charge >= 0.3 is 11.9 Å². The molecule has 0 bridgehead atoms. The molecule has 0 unspecified atom stereocenters. The summed E-state index contributed by atoms with van der Waals surface area (Å²) in [5.41, 5.74) is 0.767. The van der Waals surface area contributed by atoms with E-state index in [0.717, 1.165) is 0 Å². The summed E-state index contributed by atoms with van der Waals surface area (Å²) in [4.78, 5) is 24.3. The van der Waals surface area contributed by atoms with E-state index < -0.39 is 33.6 Å². The van der Waals surface area contributed by atoms with E-state index in [4.69, 9.17) is 9.47 Å². The van der Waals surface area contributed by atoms with Crippen molar-refractivity contribution in [3.8, 4) is 0 Å². The van der Waals surface area contributed by atoms with Gasteiger partial charge in [-0.05, 0) is 24.3 Å². The molecule has 1 saturated heterocycles. The molecule has 1 aliphatic heterocycles. The van der Waals surface area contributed by atoms with Gasteiger partial charge in [-0.1, -0.05) is 52.3 Å². The Labute approximate surface area is 163 Å². The quantitative estimate of drug-likeness (QED) is 0.515. The highest BCUT2D eigenvalue weighted by Gasteiger charge is 2.46. The fourth-order valence-electron chi connectivity index (χ4n) is 2.53. The first-order valence-corrected chi connectivity index (χ1v) is 9.84. The zero-order chi connectivity index (χ0) is 18.5. The molecule has 0 spiro atoms. The van der Waals surface area contributed by atoms with E-state index in [1.165, 1.54) is 11.8 Å². The first kappa shape index (κ1) is 18.9. The van der Waals surface area contributed by atoms with Gasteiger partial charge < -0.3 is 9.47 Å². The Kier molecular flexibility index (Phi) is 6.32. The summed E-state index contributed by atoms with van der Waals surface area (Å²) in [6.45, 7) is -0.0480. The minimum atomic E-state index is -1.40. The number of halogens is 2. The van der Waals surface area contributed by atoms with Crippen molar-refractivity contribution in [1.82, 2.24) is 0 Å². The zero-order valence-electron chi connectivity index (χ0n) is 13.6. The highest BCUT2D eigenvalue weighted by atomic mass is 79.9. The molecule has 2 aromatic rings. The van der Waals surface area contributed by atoms with E-state index in [1.807, 2.05) is 0 Å². The molecule has 0 amide bonds. The number of carbonyl (C=O) groups excluding carboxylic acids is 2. The van der Waals surface area contributed by atoms with E-state index in [1.54, 1.807) is 60.7 Å². The standard InChI is InChI=1S/C19H16BrFO4S/c20-17-15(21)16(25-19(23)13-9-5-2-6-10-13)14(26-17)11-24-18(22)12-7-3-1-4-8-12/h1-10,14-17H,11H2/t14-,15+,16-,17+/m1/s1. The third-order valence-corrected chi connectivity index (χ3v) is 6.30. The molecule has 4 atom stereocenters. The van der Waals surface area contributed by atoms with Crippen LogP contribution in [0.4, 0.5) is 4.39 Å². The second-order valence-electron chi connectivity index (χ2n) is 5.67. The van der Waals surface area contributed by atoms with Crippen LogP contribution in [-0.2, 0) is 9.47 Å². The van der Waals surface area contributed by atoms with Crippen molar-refractivity contribution < 1.29 is 23.5 Å². The number of thioether (sulfide) groups is 1. The molecule has 136 valence electrons. The monoisotopic (exact) mass is 438 g/mol. The number of carbonyl (C=O) groups is 2. The van der Waals surface area contributed by atoms with Crippen molar-refractivity contribution in [2.75, 3.05) is 6.61 Å². The minimum absolute atomic E-state index is 0.0480. The maximum Gasteiger partial charge on any atom is 0.338 e. The molecule has 7 heteroatoms.